The van der Waals surface area contributed by atoms with E-state index in [-0.39, 0.29) is 18.9 Å². The summed E-state index contributed by atoms with van der Waals surface area (Å²) in [6, 6.07) is 11.8. The Morgan fingerprint density at radius 1 is 1.28 bits per heavy atom. The second-order valence-corrected chi connectivity index (χ2v) is 9.59. The first kappa shape index (κ1) is 22.0. The van der Waals surface area contributed by atoms with Crippen LogP contribution >= 0.6 is 11.3 Å². The van der Waals surface area contributed by atoms with Crippen molar-refractivity contribution >= 4 is 34.1 Å². The molecule has 0 radical (unpaired) electrons. The molecule has 1 aromatic carbocycles. The third-order valence-electron chi connectivity index (χ3n) is 5.99. The minimum atomic E-state index is -0.579. The lowest BCUT2D eigenvalue weighted by Crippen LogP contribution is -2.28. The lowest BCUT2D eigenvalue weighted by Gasteiger charge is -2.17. The summed E-state index contributed by atoms with van der Waals surface area (Å²) in [6.45, 7) is 2.47. The van der Waals surface area contributed by atoms with Crippen LogP contribution < -0.4 is 5.32 Å². The first-order valence-electron chi connectivity index (χ1n) is 10.8. The lowest BCUT2D eigenvalue weighted by molar-refractivity contribution is -0.151. The Labute approximate surface area is 191 Å². The van der Waals surface area contributed by atoms with E-state index in [0.717, 1.165) is 35.3 Å². The fourth-order valence-corrected chi connectivity index (χ4v) is 5.64. The fourth-order valence-electron chi connectivity index (χ4n) is 4.26. The van der Waals surface area contributed by atoms with E-state index in [1.54, 1.807) is 4.90 Å². The maximum Gasteiger partial charge on any atom is 0.311 e. The van der Waals surface area contributed by atoms with Crippen molar-refractivity contribution in [2.75, 3.05) is 18.5 Å². The van der Waals surface area contributed by atoms with Gasteiger partial charge in [0.2, 0.25) is 5.91 Å². The number of thiophene rings is 1. The molecule has 1 aliphatic carbocycles. The number of ether oxygens (including phenoxy) is 1. The Morgan fingerprint density at radius 2 is 2.06 bits per heavy atom. The van der Waals surface area contributed by atoms with Crippen molar-refractivity contribution < 1.29 is 19.1 Å². The summed E-state index contributed by atoms with van der Waals surface area (Å²) >= 11 is 1.43. The van der Waals surface area contributed by atoms with E-state index in [4.69, 9.17) is 4.74 Å². The number of nitrogens with zero attached hydrogens (tertiary/aromatic N) is 2. The molecule has 0 unspecified atom stereocenters. The predicted molar refractivity (Wildman–Crippen MR) is 120 cm³/mol. The highest BCUT2D eigenvalue weighted by molar-refractivity contribution is 7.16. The van der Waals surface area contributed by atoms with Crippen LogP contribution in [0, 0.1) is 23.2 Å². The fraction of sp³-hybridized carbons (Fsp3) is 0.417. The van der Waals surface area contributed by atoms with Gasteiger partial charge in [-0.25, -0.2) is 0 Å². The van der Waals surface area contributed by atoms with Crippen molar-refractivity contribution in [3.8, 4) is 6.07 Å². The van der Waals surface area contributed by atoms with Crippen molar-refractivity contribution in [2.45, 2.75) is 39.2 Å². The molecule has 166 valence electrons. The molecule has 1 saturated heterocycles. The molecule has 1 N–H and O–H groups in total. The van der Waals surface area contributed by atoms with Gasteiger partial charge in [-0.2, -0.15) is 5.26 Å². The summed E-state index contributed by atoms with van der Waals surface area (Å²) < 4.78 is 5.19. The number of hydrogen-bond acceptors (Lipinski definition) is 6. The third-order valence-corrected chi connectivity index (χ3v) is 7.16. The van der Waals surface area contributed by atoms with Crippen LogP contribution in [-0.4, -0.2) is 35.8 Å². The minimum absolute atomic E-state index is 0.0850. The van der Waals surface area contributed by atoms with Crippen molar-refractivity contribution in [3.05, 3.63) is 51.9 Å². The predicted octanol–water partition coefficient (Wildman–Crippen LogP) is 3.27. The van der Waals surface area contributed by atoms with Gasteiger partial charge in [0.15, 0.2) is 6.61 Å². The first-order chi connectivity index (χ1) is 15.4. The van der Waals surface area contributed by atoms with Gasteiger partial charge in [-0.1, -0.05) is 37.3 Å². The standard InChI is InChI=1S/C24H25N3O4S/c1-15-7-8-18-19(11-25)23(32-20(18)9-15)26-21(28)14-31-24(30)17-10-22(29)27(13-17)12-16-5-3-2-4-6-16/h2-6,15,17H,7-10,12-14H2,1H3,(H,26,28)/t15-,17+/m1/s1. The van der Waals surface area contributed by atoms with Gasteiger partial charge in [0, 0.05) is 24.4 Å². The zero-order chi connectivity index (χ0) is 22.7. The summed E-state index contributed by atoms with van der Waals surface area (Å²) in [5, 5.41) is 12.8. The van der Waals surface area contributed by atoms with Crippen molar-refractivity contribution in [1.29, 1.82) is 5.26 Å². The molecule has 0 spiro atoms. The summed E-state index contributed by atoms with van der Waals surface area (Å²) in [5.74, 6) is -1.15. The van der Waals surface area contributed by atoms with E-state index >= 15 is 0 Å². The average molecular weight is 452 g/mol. The van der Waals surface area contributed by atoms with E-state index in [2.05, 4.69) is 18.3 Å². The normalized spacial score (nSPS) is 19.9. The number of fused-ring (bicyclic) bond motifs is 1. The maximum absolute atomic E-state index is 12.4. The number of nitrogens with one attached hydrogen (secondary N) is 1. The number of carbonyl (C=O) groups is 3. The van der Waals surface area contributed by atoms with Gasteiger partial charge in [-0.3, -0.25) is 14.4 Å². The molecule has 1 aliphatic heterocycles. The van der Waals surface area contributed by atoms with E-state index in [1.165, 1.54) is 11.3 Å². The van der Waals surface area contributed by atoms with Crippen LogP contribution in [0.15, 0.2) is 30.3 Å². The Bertz CT molecular complexity index is 1070. The first-order valence-corrected chi connectivity index (χ1v) is 11.6. The summed E-state index contributed by atoms with van der Waals surface area (Å²) in [7, 11) is 0. The molecule has 8 heteroatoms. The van der Waals surface area contributed by atoms with Crippen LogP contribution in [0.5, 0.6) is 0 Å². The molecule has 7 nitrogen and oxygen atoms in total. The van der Waals surface area contributed by atoms with Crippen molar-refractivity contribution in [2.24, 2.45) is 11.8 Å². The van der Waals surface area contributed by atoms with Crippen LogP contribution in [0.3, 0.4) is 0 Å². The molecule has 2 atom stereocenters. The number of rotatable bonds is 6. The van der Waals surface area contributed by atoms with Crippen molar-refractivity contribution in [3.63, 3.8) is 0 Å². The molecule has 2 aliphatic rings. The van der Waals surface area contributed by atoms with Gasteiger partial charge < -0.3 is 15.0 Å². The third kappa shape index (κ3) is 4.83. The number of carbonyl (C=O) groups excluding carboxylic acids is 3. The van der Waals surface area contributed by atoms with Crippen LogP contribution in [0.25, 0.3) is 0 Å². The summed E-state index contributed by atoms with van der Waals surface area (Å²) in [6.07, 6.45) is 2.87. The Kier molecular flexibility index (Phi) is 6.56. The van der Waals surface area contributed by atoms with Gasteiger partial charge >= 0.3 is 5.97 Å². The molecule has 0 saturated carbocycles. The highest BCUT2D eigenvalue weighted by Crippen LogP contribution is 2.39. The second kappa shape index (κ2) is 9.53. The molecule has 2 aromatic rings. The molecule has 1 aromatic heterocycles. The van der Waals surface area contributed by atoms with Crippen LogP contribution in [-0.2, 0) is 38.5 Å². The number of nitriles is 1. The molecule has 1 fully saturated rings. The zero-order valence-corrected chi connectivity index (χ0v) is 18.7. The Hall–Kier alpha value is -3.18. The van der Waals surface area contributed by atoms with E-state index in [0.29, 0.717) is 23.0 Å². The highest BCUT2D eigenvalue weighted by Gasteiger charge is 2.35. The van der Waals surface area contributed by atoms with Gasteiger partial charge in [0.25, 0.3) is 5.91 Å². The lowest BCUT2D eigenvalue weighted by atomic mass is 9.89. The highest BCUT2D eigenvalue weighted by atomic mass is 32.1. The molecule has 0 bridgehead atoms. The number of anilines is 1. The second-order valence-electron chi connectivity index (χ2n) is 8.48. The monoisotopic (exact) mass is 451 g/mol. The van der Waals surface area contributed by atoms with Gasteiger partial charge in [-0.05, 0) is 36.3 Å². The SMILES string of the molecule is C[C@@H]1CCc2c(sc(NC(=O)COC(=O)[C@H]3CC(=O)N(Cc4ccccc4)C3)c2C#N)C1. The quantitative estimate of drug-likeness (QED) is 0.680. The Balaban J connectivity index is 1.30. The minimum Gasteiger partial charge on any atom is -0.455 e. The molecule has 32 heavy (non-hydrogen) atoms. The van der Waals surface area contributed by atoms with E-state index in [1.807, 2.05) is 30.3 Å². The molecule has 2 amide bonds. The molecular formula is C24H25N3O4S. The number of esters is 1. The molecule has 2 heterocycles. The Morgan fingerprint density at radius 3 is 2.81 bits per heavy atom. The largest absolute Gasteiger partial charge is 0.455 e. The average Bonchev–Trinajstić information content (AvgIpc) is 3.31. The van der Waals surface area contributed by atoms with Crippen LogP contribution in [0.2, 0.25) is 0 Å². The smallest absolute Gasteiger partial charge is 0.311 e. The topological polar surface area (TPSA) is 99.5 Å². The van der Waals surface area contributed by atoms with E-state index < -0.39 is 24.4 Å². The number of amides is 2. The number of benzene rings is 1. The van der Waals surface area contributed by atoms with Crippen LogP contribution in [0.4, 0.5) is 5.00 Å². The van der Waals surface area contributed by atoms with Gasteiger partial charge in [0.1, 0.15) is 11.1 Å². The number of likely N-dealkylation sites (tertiary alicyclic amines) is 1. The zero-order valence-electron chi connectivity index (χ0n) is 17.9. The van der Waals surface area contributed by atoms with Crippen LogP contribution in [0.1, 0.15) is 41.3 Å². The molecule has 4 rings (SSSR count). The molecular weight excluding hydrogens is 426 g/mol. The van der Waals surface area contributed by atoms with Gasteiger partial charge in [-0.15, -0.1) is 11.3 Å². The van der Waals surface area contributed by atoms with E-state index in [9.17, 15) is 19.6 Å². The number of hydrogen-bond donors (Lipinski definition) is 1. The summed E-state index contributed by atoms with van der Waals surface area (Å²) in [4.78, 5) is 39.9. The summed E-state index contributed by atoms with van der Waals surface area (Å²) in [5.41, 5.74) is 2.55. The maximum atomic E-state index is 12.4. The van der Waals surface area contributed by atoms with Crippen molar-refractivity contribution in [1.82, 2.24) is 4.90 Å². The van der Waals surface area contributed by atoms with Gasteiger partial charge in [0.05, 0.1) is 11.5 Å².